The molecule has 1 saturated heterocycles. The summed E-state index contributed by atoms with van der Waals surface area (Å²) < 4.78 is 28.4. The van der Waals surface area contributed by atoms with Crippen LogP contribution >= 0.6 is 7.60 Å². The molecule has 2 aromatic carbocycles. The molecular weight excluding hydrogens is 449 g/mol. The molecule has 3 aromatic rings. The van der Waals surface area contributed by atoms with Crippen molar-refractivity contribution in [3.63, 3.8) is 0 Å². The number of benzene rings is 2. The quantitative estimate of drug-likeness (QED) is 0.277. The van der Waals surface area contributed by atoms with Crippen LogP contribution in [-0.4, -0.2) is 29.2 Å². The lowest BCUT2D eigenvalue weighted by molar-refractivity contribution is -0.384. The smallest absolute Gasteiger partial charge is 0.335 e. The Balaban J connectivity index is 1.31. The van der Waals surface area contributed by atoms with Gasteiger partial charge >= 0.3 is 7.60 Å². The Morgan fingerprint density at radius 2 is 1.79 bits per heavy atom. The van der Waals surface area contributed by atoms with E-state index in [9.17, 15) is 19.5 Å². The first-order valence-corrected chi connectivity index (χ1v) is 12.1. The predicted molar refractivity (Wildman–Crippen MR) is 120 cm³/mol. The number of non-ortho nitro benzene ring substituents is 1. The van der Waals surface area contributed by atoms with E-state index in [0.717, 1.165) is 17.5 Å². The Morgan fingerprint density at radius 3 is 2.45 bits per heavy atom. The molecule has 33 heavy (non-hydrogen) atoms. The predicted octanol–water partition coefficient (Wildman–Crippen LogP) is 4.95. The van der Waals surface area contributed by atoms with Crippen molar-refractivity contribution in [3.05, 3.63) is 76.0 Å². The van der Waals surface area contributed by atoms with Crippen molar-refractivity contribution in [2.24, 2.45) is 0 Å². The van der Waals surface area contributed by atoms with Gasteiger partial charge in [-0.1, -0.05) is 17.3 Å². The number of aryl methyl sites for hydroxylation is 1. The largest absolute Gasteiger partial charge is 0.356 e. The number of nitrogens with zero attached hydrogens (tertiary/aromatic N) is 2. The monoisotopic (exact) mass is 471 g/mol. The fourth-order valence-corrected chi connectivity index (χ4v) is 5.12. The molecule has 1 amide bonds. The molecule has 1 aliphatic heterocycles. The maximum Gasteiger partial charge on any atom is 0.335 e. The molecule has 0 spiro atoms. The number of nitro groups is 1. The molecule has 0 saturated carbocycles. The van der Waals surface area contributed by atoms with Crippen molar-refractivity contribution >= 4 is 24.9 Å². The fourth-order valence-electron chi connectivity index (χ4n) is 3.39. The molecule has 1 aromatic heterocycles. The van der Waals surface area contributed by atoms with Crippen LogP contribution < -0.4 is 5.32 Å². The number of nitro benzene ring substituents is 1. The minimum atomic E-state index is -3.09. The van der Waals surface area contributed by atoms with Crippen molar-refractivity contribution in [2.45, 2.75) is 25.4 Å². The number of carbonyl (C=O) groups excluding carboxylic acids is 1. The van der Waals surface area contributed by atoms with Crippen LogP contribution in [0.3, 0.4) is 0 Å². The van der Waals surface area contributed by atoms with Crippen LogP contribution in [0.4, 0.5) is 11.4 Å². The van der Waals surface area contributed by atoms with E-state index in [1.54, 1.807) is 36.4 Å². The van der Waals surface area contributed by atoms with E-state index in [-0.39, 0.29) is 24.2 Å². The van der Waals surface area contributed by atoms with Gasteiger partial charge in [0.2, 0.25) is 5.91 Å². The van der Waals surface area contributed by atoms with Gasteiger partial charge in [0.1, 0.15) is 0 Å². The highest BCUT2D eigenvalue weighted by molar-refractivity contribution is 7.53. The van der Waals surface area contributed by atoms with Crippen LogP contribution in [0.5, 0.6) is 0 Å². The van der Waals surface area contributed by atoms with Crippen molar-refractivity contribution < 1.29 is 27.9 Å². The first kappa shape index (κ1) is 22.8. The summed E-state index contributed by atoms with van der Waals surface area (Å²) in [5, 5.41) is 17.4. The number of amides is 1. The average Bonchev–Trinajstić information content (AvgIpc) is 3.28. The molecule has 1 fully saturated rings. The summed E-state index contributed by atoms with van der Waals surface area (Å²) in [6.07, 6.45) is 3.05. The molecule has 1 aliphatic rings. The van der Waals surface area contributed by atoms with E-state index in [1.807, 2.05) is 0 Å². The normalized spacial score (nSPS) is 15.2. The second-order valence-electron chi connectivity index (χ2n) is 7.52. The van der Waals surface area contributed by atoms with E-state index in [4.69, 9.17) is 13.6 Å². The zero-order chi connectivity index (χ0) is 23.3. The highest BCUT2D eigenvalue weighted by Crippen LogP contribution is 2.53. The van der Waals surface area contributed by atoms with E-state index in [2.05, 4.69) is 10.5 Å². The average molecular weight is 471 g/mol. The Bertz CT molecular complexity index is 1170. The van der Waals surface area contributed by atoms with Gasteiger partial charge in [-0.25, -0.2) is 0 Å². The zero-order valence-electron chi connectivity index (χ0n) is 17.6. The Morgan fingerprint density at radius 1 is 1.09 bits per heavy atom. The van der Waals surface area contributed by atoms with Crippen molar-refractivity contribution in [3.8, 4) is 11.3 Å². The van der Waals surface area contributed by atoms with Gasteiger partial charge < -0.3 is 18.9 Å². The molecular formula is C22H22N3O7P. The third-order valence-electron chi connectivity index (χ3n) is 5.08. The number of rotatable bonds is 8. The summed E-state index contributed by atoms with van der Waals surface area (Å²) in [6.45, 7) is 0.868. The second kappa shape index (κ2) is 10.1. The molecule has 0 atom stereocenters. The van der Waals surface area contributed by atoms with Crippen molar-refractivity contribution in [1.82, 2.24) is 5.16 Å². The van der Waals surface area contributed by atoms with Gasteiger partial charge in [-0.2, -0.15) is 0 Å². The van der Waals surface area contributed by atoms with Crippen LogP contribution in [0.2, 0.25) is 0 Å². The summed E-state index contributed by atoms with van der Waals surface area (Å²) in [5.74, 6) is 0.286. The van der Waals surface area contributed by atoms with Gasteiger partial charge in [-0.15, -0.1) is 0 Å². The number of hydrogen-bond acceptors (Lipinski definition) is 8. The first-order valence-electron chi connectivity index (χ1n) is 10.4. The second-order valence-corrected chi connectivity index (χ2v) is 9.57. The number of hydrogen-bond donors (Lipinski definition) is 1. The zero-order valence-corrected chi connectivity index (χ0v) is 18.5. The van der Waals surface area contributed by atoms with Gasteiger partial charge in [0.15, 0.2) is 5.76 Å². The van der Waals surface area contributed by atoms with Gasteiger partial charge in [0.05, 0.1) is 30.5 Å². The summed E-state index contributed by atoms with van der Waals surface area (Å²) in [7, 11) is -3.09. The van der Waals surface area contributed by atoms with E-state index in [0.29, 0.717) is 36.6 Å². The van der Waals surface area contributed by atoms with E-state index in [1.165, 1.54) is 18.3 Å². The lowest BCUT2D eigenvalue weighted by atomic mass is 10.0. The van der Waals surface area contributed by atoms with Crippen LogP contribution in [0.25, 0.3) is 11.3 Å². The number of carbonyl (C=O) groups is 1. The SMILES string of the molecule is O=C(CCc1cnoc1-c1ccc([N+](=O)[O-])cc1)Nc1ccc(CP2(=O)OCCCO2)cc1. The lowest BCUT2D eigenvalue weighted by Gasteiger charge is -2.22. The summed E-state index contributed by atoms with van der Waals surface area (Å²) in [6, 6.07) is 13.0. The molecule has 11 heteroatoms. The van der Waals surface area contributed by atoms with Crippen molar-refractivity contribution in [1.29, 1.82) is 0 Å². The summed E-state index contributed by atoms with van der Waals surface area (Å²) in [5.41, 5.74) is 2.78. The summed E-state index contributed by atoms with van der Waals surface area (Å²) >= 11 is 0. The fraction of sp³-hybridized carbons (Fsp3) is 0.273. The third-order valence-corrected chi connectivity index (χ3v) is 6.99. The Kier molecular flexibility index (Phi) is 6.98. The molecule has 1 N–H and O–H groups in total. The maximum absolute atomic E-state index is 12.5. The molecule has 0 radical (unpaired) electrons. The Labute approximate surface area is 189 Å². The van der Waals surface area contributed by atoms with Crippen LogP contribution in [0.1, 0.15) is 24.0 Å². The molecule has 0 aliphatic carbocycles. The lowest BCUT2D eigenvalue weighted by Crippen LogP contribution is -2.12. The molecule has 10 nitrogen and oxygen atoms in total. The van der Waals surface area contributed by atoms with Gasteiger partial charge in [-0.3, -0.25) is 19.5 Å². The topological polar surface area (TPSA) is 134 Å². The Hall–Kier alpha value is -3.33. The van der Waals surface area contributed by atoms with Crippen molar-refractivity contribution in [2.75, 3.05) is 18.5 Å². The third kappa shape index (κ3) is 5.92. The maximum atomic E-state index is 12.5. The van der Waals surface area contributed by atoms with E-state index >= 15 is 0 Å². The standard InChI is InChI=1S/C22H22N3O7P/c26-21(24-19-7-2-16(3-8-19)15-33(29)30-12-1-13-31-33)11-6-18-14-23-32-22(18)17-4-9-20(10-5-17)25(27)28/h2-5,7-10,14H,1,6,11-13,15H2,(H,24,26). The van der Waals surface area contributed by atoms with Gasteiger partial charge in [0.25, 0.3) is 5.69 Å². The molecule has 2 heterocycles. The van der Waals surface area contributed by atoms with Crippen LogP contribution in [-0.2, 0) is 31.0 Å². The highest BCUT2D eigenvalue weighted by Gasteiger charge is 2.28. The first-order chi connectivity index (χ1) is 15.9. The summed E-state index contributed by atoms with van der Waals surface area (Å²) in [4.78, 5) is 22.8. The molecule has 172 valence electrons. The number of nitrogens with one attached hydrogen (secondary N) is 1. The molecule has 4 rings (SSSR count). The highest BCUT2D eigenvalue weighted by atomic mass is 31.2. The minimum Gasteiger partial charge on any atom is -0.356 e. The number of aromatic nitrogens is 1. The van der Waals surface area contributed by atoms with Crippen LogP contribution in [0, 0.1) is 10.1 Å². The molecule has 0 bridgehead atoms. The number of anilines is 1. The minimum absolute atomic E-state index is 0.0173. The van der Waals surface area contributed by atoms with Crippen LogP contribution in [0.15, 0.2) is 59.3 Å². The molecule has 0 unspecified atom stereocenters. The van der Waals surface area contributed by atoms with E-state index < -0.39 is 12.5 Å². The van der Waals surface area contributed by atoms with Gasteiger partial charge in [0, 0.05) is 35.4 Å². The van der Waals surface area contributed by atoms with Gasteiger partial charge in [-0.05, 0) is 42.7 Å².